The highest BCUT2D eigenvalue weighted by atomic mass is 16.5. The number of benzene rings is 2. The minimum absolute atomic E-state index is 0.287. The number of nitrogens with zero attached hydrogens (tertiary/aromatic N) is 1. The van der Waals surface area contributed by atoms with E-state index in [1.54, 1.807) is 24.3 Å². The number of esters is 1. The Morgan fingerprint density at radius 2 is 1.67 bits per heavy atom. The molecule has 122 valence electrons. The third-order valence-electron chi connectivity index (χ3n) is 2.98. The summed E-state index contributed by atoms with van der Waals surface area (Å²) in [5.74, 6) is -0.328. The maximum atomic E-state index is 11.3. The maximum Gasteiger partial charge on any atom is 0.308 e. The van der Waals surface area contributed by atoms with Gasteiger partial charge in [0.05, 0.1) is 5.71 Å². The molecular formula is C19H18N2O3. The number of rotatable bonds is 5. The molecule has 0 aromatic heterocycles. The van der Waals surface area contributed by atoms with Gasteiger partial charge in [0.2, 0.25) is 5.91 Å². The highest BCUT2D eigenvalue weighted by Gasteiger charge is 2.10. The molecule has 0 aliphatic heterocycles. The zero-order valence-electron chi connectivity index (χ0n) is 13.5. The van der Waals surface area contributed by atoms with Crippen molar-refractivity contribution in [2.75, 3.05) is 0 Å². The summed E-state index contributed by atoms with van der Waals surface area (Å²) in [7, 11) is 0. The van der Waals surface area contributed by atoms with Crippen LogP contribution in [0.4, 0.5) is 0 Å². The average Bonchev–Trinajstić information content (AvgIpc) is 2.56. The molecule has 2 aromatic rings. The summed E-state index contributed by atoms with van der Waals surface area (Å²) in [6.45, 7) is 2.71. The molecule has 0 unspecified atom stereocenters. The van der Waals surface area contributed by atoms with E-state index in [2.05, 4.69) is 10.5 Å². The number of hydrogen-bond donors (Lipinski definition) is 1. The van der Waals surface area contributed by atoms with E-state index in [0.29, 0.717) is 17.0 Å². The molecule has 0 aliphatic carbocycles. The number of carbonyl (C=O) groups is 2. The molecule has 5 heteroatoms. The van der Waals surface area contributed by atoms with Gasteiger partial charge in [-0.2, -0.15) is 5.10 Å². The Bertz CT molecular complexity index is 780. The number of ether oxygens (including phenoxy) is 1. The van der Waals surface area contributed by atoms with Gasteiger partial charge in [-0.15, -0.1) is 0 Å². The van der Waals surface area contributed by atoms with Crippen molar-refractivity contribution >= 4 is 23.7 Å². The van der Waals surface area contributed by atoms with Crippen LogP contribution in [0.1, 0.15) is 25.0 Å². The summed E-state index contributed by atoms with van der Waals surface area (Å²) >= 11 is 0. The van der Waals surface area contributed by atoms with Crippen molar-refractivity contribution in [2.45, 2.75) is 13.8 Å². The van der Waals surface area contributed by atoms with E-state index in [1.165, 1.54) is 13.8 Å². The number of carbonyl (C=O) groups excluding carboxylic acids is 2. The number of hydrogen-bond acceptors (Lipinski definition) is 4. The summed E-state index contributed by atoms with van der Waals surface area (Å²) in [6.07, 6.45) is 3.62. The highest BCUT2D eigenvalue weighted by molar-refractivity contribution is 6.12. The van der Waals surface area contributed by atoms with Crippen LogP contribution in [-0.4, -0.2) is 17.6 Å². The van der Waals surface area contributed by atoms with E-state index in [0.717, 1.165) is 5.56 Å². The first-order valence-corrected chi connectivity index (χ1v) is 7.41. The fraction of sp³-hybridized carbons (Fsp3) is 0.105. The predicted octanol–water partition coefficient (Wildman–Crippen LogP) is 3.17. The SMILES string of the molecule is CC(=O)NN=C(C=Cc1ccccc1)c1ccccc1OC(C)=O. The molecule has 1 N–H and O–H groups in total. The van der Waals surface area contributed by atoms with Gasteiger partial charge < -0.3 is 4.74 Å². The van der Waals surface area contributed by atoms with Gasteiger partial charge >= 0.3 is 5.97 Å². The summed E-state index contributed by atoms with van der Waals surface area (Å²) in [4.78, 5) is 22.5. The summed E-state index contributed by atoms with van der Waals surface area (Å²) in [6, 6.07) is 16.7. The topological polar surface area (TPSA) is 67.8 Å². The third kappa shape index (κ3) is 5.21. The zero-order valence-corrected chi connectivity index (χ0v) is 13.5. The normalized spacial score (nSPS) is 11.3. The number of nitrogens with one attached hydrogen (secondary N) is 1. The van der Waals surface area contributed by atoms with Gasteiger partial charge in [-0.05, 0) is 23.8 Å². The quantitative estimate of drug-likeness (QED) is 0.398. The van der Waals surface area contributed by atoms with Crippen LogP contribution < -0.4 is 10.2 Å². The minimum Gasteiger partial charge on any atom is -0.426 e. The van der Waals surface area contributed by atoms with Crippen LogP contribution in [0.25, 0.3) is 6.08 Å². The molecule has 0 saturated heterocycles. The van der Waals surface area contributed by atoms with Gasteiger partial charge in [-0.1, -0.05) is 48.5 Å². The lowest BCUT2D eigenvalue weighted by Crippen LogP contribution is -2.16. The van der Waals surface area contributed by atoms with Crippen molar-refractivity contribution in [1.29, 1.82) is 0 Å². The van der Waals surface area contributed by atoms with Crippen molar-refractivity contribution in [3.8, 4) is 5.75 Å². The molecule has 0 fully saturated rings. The Hall–Kier alpha value is -3.21. The minimum atomic E-state index is -0.423. The third-order valence-corrected chi connectivity index (χ3v) is 2.98. The molecule has 0 aliphatic rings. The van der Waals surface area contributed by atoms with E-state index in [1.807, 2.05) is 42.5 Å². The van der Waals surface area contributed by atoms with Gasteiger partial charge in [0.15, 0.2) is 0 Å². The number of hydrazone groups is 1. The molecule has 0 bridgehead atoms. The second-order valence-corrected chi connectivity index (χ2v) is 5.00. The summed E-state index contributed by atoms with van der Waals surface area (Å²) in [5, 5.41) is 4.12. The largest absolute Gasteiger partial charge is 0.426 e. The molecule has 5 nitrogen and oxygen atoms in total. The van der Waals surface area contributed by atoms with E-state index < -0.39 is 5.97 Å². The van der Waals surface area contributed by atoms with E-state index in [9.17, 15) is 9.59 Å². The molecular weight excluding hydrogens is 304 g/mol. The zero-order chi connectivity index (χ0) is 17.4. The van der Waals surface area contributed by atoms with E-state index >= 15 is 0 Å². The summed E-state index contributed by atoms with van der Waals surface area (Å²) < 4.78 is 5.22. The smallest absolute Gasteiger partial charge is 0.308 e. The maximum absolute atomic E-state index is 11.3. The van der Waals surface area contributed by atoms with Gasteiger partial charge in [0, 0.05) is 19.4 Å². The highest BCUT2D eigenvalue weighted by Crippen LogP contribution is 2.20. The second kappa shape index (κ2) is 8.43. The van der Waals surface area contributed by atoms with Crippen molar-refractivity contribution in [3.05, 3.63) is 71.8 Å². The standard InChI is InChI=1S/C19H18N2O3/c1-14(22)20-21-18(13-12-16-8-4-3-5-9-16)17-10-6-7-11-19(17)24-15(2)23/h3-13H,1-2H3,(H,20,22). The fourth-order valence-electron chi connectivity index (χ4n) is 1.99. The van der Waals surface area contributed by atoms with E-state index in [4.69, 9.17) is 4.74 Å². The van der Waals surface area contributed by atoms with Crippen molar-refractivity contribution in [2.24, 2.45) is 5.10 Å². The van der Waals surface area contributed by atoms with Crippen LogP contribution in [-0.2, 0) is 9.59 Å². The molecule has 0 spiro atoms. The van der Waals surface area contributed by atoms with Gasteiger partial charge in [-0.25, -0.2) is 5.43 Å². The van der Waals surface area contributed by atoms with Crippen LogP contribution >= 0.6 is 0 Å². The van der Waals surface area contributed by atoms with Gasteiger partial charge in [0.1, 0.15) is 5.75 Å². The van der Waals surface area contributed by atoms with Crippen molar-refractivity contribution in [1.82, 2.24) is 5.43 Å². The average molecular weight is 322 g/mol. The van der Waals surface area contributed by atoms with Crippen LogP contribution in [0.2, 0.25) is 0 Å². The fourth-order valence-corrected chi connectivity index (χ4v) is 1.99. The van der Waals surface area contributed by atoms with E-state index in [-0.39, 0.29) is 5.91 Å². The molecule has 0 atom stereocenters. The second-order valence-electron chi connectivity index (χ2n) is 5.00. The predicted molar refractivity (Wildman–Crippen MR) is 93.6 cm³/mol. The van der Waals surface area contributed by atoms with Crippen LogP contribution in [0.5, 0.6) is 5.75 Å². The van der Waals surface area contributed by atoms with Crippen LogP contribution in [0.15, 0.2) is 65.8 Å². The number of allylic oxidation sites excluding steroid dienone is 1. The summed E-state index contributed by atoms with van der Waals surface area (Å²) in [5.41, 5.74) is 4.49. The lowest BCUT2D eigenvalue weighted by atomic mass is 10.1. The molecule has 24 heavy (non-hydrogen) atoms. The van der Waals surface area contributed by atoms with Crippen LogP contribution in [0.3, 0.4) is 0 Å². The first-order chi connectivity index (χ1) is 11.6. The van der Waals surface area contributed by atoms with Gasteiger partial charge in [-0.3, -0.25) is 9.59 Å². The molecule has 1 amide bonds. The Labute approximate surface area is 140 Å². The monoisotopic (exact) mass is 322 g/mol. The van der Waals surface area contributed by atoms with Gasteiger partial charge in [0.25, 0.3) is 0 Å². The van der Waals surface area contributed by atoms with Crippen molar-refractivity contribution < 1.29 is 14.3 Å². The Balaban J connectivity index is 2.40. The number of amides is 1. The lowest BCUT2D eigenvalue weighted by Gasteiger charge is -2.09. The molecule has 0 radical (unpaired) electrons. The molecule has 2 rings (SSSR count). The Morgan fingerprint density at radius 1 is 1.00 bits per heavy atom. The Kier molecular flexibility index (Phi) is 6.02. The molecule has 0 heterocycles. The molecule has 0 saturated carbocycles. The van der Waals surface area contributed by atoms with Crippen molar-refractivity contribution in [3.63, 3.8) is 0 Å². The first kappa shape index (κ1) is 17.1. The first-order valence-electron chi connectivity index (χ1n) is 7.41. The number of para-hydroxylation sites is 1. The molecule has 2 aromatic carbocycles. The van der Waals surface area contributed by atoms with Crippen LogP contribution in [0, 0.1) is 0 Å². The lowest BCUT2D eigenvalue weighted by molar-refractivity contribution is -0.131. The Morgan fingerprint density at radius 3 is 2.33 bits per heavy atom.